The van der Waals surface area contributed by atoms with Gasteiger partial charge in [0.05, 0.1) is 19.8 Å². The van der Waals surface area contributed by atoms with Gasteiger partial charge < -0.3 is 4.74 Å². The van der Waals surface area contributed by atoms with E-state index >= 15 is 0 Å². The summed E-state index contributed by atoms with van der Waals surface area (Å²) in [5.41, 5.74) is 4.55. The topological polar surface area (TPSA) is 87.7 Å². The quantitative estimate of drug-likeness (QED) is 0.856. The standard InChI is InChI=1S/C13H17N3O4S/c1-16-13(11(20-2)8-12(17)14-16)9-5-4-6-10(7-9)15-21(3,18)19/h4-7,15H,8H2,1-3H3,(H,14,17). The first-order valence-electron chi connectivity index (χ1n) is 6.19. The predicted molar refractivity (Wildman–Crippen MR) is 79.4 cm³/mol. The summed E-state index contributed by atoms with van der Waals surface area (Å²) in [7, 11) is -0.150. The molecule has 1 heterocycles. The van der Waals surface area contributed by atoms with Gasteiger partial charge in [-0.05, 0) is 12.1 Å². The number of nitrogens with zero attached hydrogens (tertiary/aromatic N) is 1. The lowest BCUT2D eigenvalue weighted by Gasteiger charge is -2.30. The molecule has 8 heteroatoms. The first kappa shape index (κ1) is 15.2. The zero-order valence-electron chi connectivity index (χ0n) is 12.0. The summed E-state index contributed by atoms with van der Waals surface area (Å²) in [4.78, 5) is 11.5. The summed E-state index contributed by atoms with van der Waals surface area (Å²) < 4.78 is 30.3. The van der Waals surface area contributed by atoms with Gasteiger partial charge in [0, 0.05) is 18.3 Å². The van der Waals surface area contributed by atoms with Crippen LogP contribution in [-0.2, 0) is 19.6 Å². The summed E-state index contributed by atoms with van der Waals surface area (Å²) in [5.74, 6) is 0.362. The predicted octanol–water partition coefficient (Wildman–Crippen LogP) is 0.740. The molecule has 7 nitrogen and oxygen atoms in total. The van der Waals surface area contributed by atoms with Crippen LogP contribution in [0.25, 0.3) is 5.70 Å². The van der Waals surface area contributed by atoms with E-state index in [0.717, 1.165) is 11.8 Å². The van der Waals surface area contributed by atoms with E-state index in [1.165, 1.54) is 7.11 Å². The Morgan fingerprint density at radius 3 is 2.71 bits per heavy atom. The Morgan fingerprint density at radius 1 is 1.38 bits per heavy atom. The van der Waals surface area contributed by atoms with E-state index in [2.05, 4.69) is 10.1 Å². The van der Waals surface area contributed by atoms with Crippen molar-refractivity contribution >= 4 is 27.3 Å². The van der Waals surface area contributed by atoms with Crippen LogP contribution in [-0.4, -0.2) is 39.7 Å². The lowest BCUT2D eigenvalue weighted by Crippen LogP contribution is -2.42. The maximum atomic E-state index is 11.5. The first-order valence-corrected chi connectivity index (χ1v) is 8.08. The number of carbonyl (C=O) groups is 1. The van der Waals surface area contributed by atoms with E-state index < -0.39 is 10.0 Å². The third-order valence-electron chi connectivity index (χ3n) is 2.90. The van der Waals surface area contributed by atoms with Crippen molar-refractivity contribution in [2.45, 2.75) is 6.42 Å². The fraction of sp³-hybridized carbons (Fsp3) is 0.308. The molecule has 0 fully saturated rings. The number of rotatable bonds is 4. The number of hydrazine groups is 1. The van der Waals surface area contributed by atoms with Crippen molar-refractivity contribution in [2.24, 2.45) is 0 Å². The van der Waals surface area contributed by atoms with Crippen LogP contribution in [0.2, 0.25) is 0 Å². The van der Waals surface area contributed by atoms with Crippen molar-refractivity contribution in [1.82, 2.24) is 10.4 Å². The Hall–Kier alpha value is -2.22. The first-order chi connectivity index (χ1) is 9.80. The molecule has 1 amide bonds. The summed E-state index contributed by atoms with van der Waals surface area (Å²) in [6, 6.07) is 6.88. The molecule has 0 saturated heterocycles. The number of sulfonamides is 1. The number of carbonyl (C=O) groups excluding carboxylic acids is 1. The zero-order chi connectivity index (χ0) is 15.6. The number of hydrogen-bond acceptors (Lipinski definition) is 5. The van der Waals surface area contributed by atoms with Gasteiger partial charge in [0.1, 0.15) is 11.5 Å². The molecule has 1 aliphatic rings. The summed E-state index contributed by atoms with van der Waals surface area (Å²) in [6.07, 6.45) is 1.23. The Balaban J connectivity index is 2.45. The fourth-order valence-electron chi connectivity index (χ4n) is 2.17. The summed E-state index contributed by atoms with van der Waals surface area (Å²) in [5, 5.41) is 1.56. The Labute approximate surface area is 123 Å². The van der Waals surface area contributed by atoms with Crippen molar-refractivity contribution in [3.05, 3.63) is 35.6 Å². The highest BCUT2D eigenvalue weighted by atomic mass is 32.2. The number of anilines is 1. The molecule has 0 spiro atoms. The average Bonchev–Trinajstić information content (AvgIpc) is 2.35. The normalized spacial score (nSPS) is 15.8. The Morgan fingerprint density at radius 2 is 2.10 bits per heavy atom. The van der Waals surface area contributed by atoms with E-state index in [1.807, 2.05) is 6.07 Å². The highest BCUT2D eigenvalue weighted by Crippen LogP contribution is 2.28. The van der Waals surface area contributed by atoms with Gasteiger partial charge in [-0.25, -0.2) is 8.42 Å². The molecule has 1 aromatic rings. The minimum Gasteiger partial charge on any atom is -0.498 e. The van der Waals surface area contributed by atoms with Crippen LogP contribution in [0.15, 0.2) is 30.0 Å². The molecule has 21 heavy (non-hydrogen) atoms. The second-order valence-electron chi connectivity index (χ2n) is 4.70. The largest absolute Gasteiger partial charge is 0.498 e. The Bertz CT molecular complexity index is 697. The van der Waals surface area contributed by atoms with E-state index in [1.54, 1.807) is 30.3 Å². The van der Waals surface area contributed by atoms with Crippen molar-refractivity contribution in [2.75, 3.05) is 25.1 Å². The molecular formula is C13H17N3O4S. The lowest BCUT2D eigenvalue weighted by atomic mass is 10.1. The van der Waals surface area contributed by atoms with Gasteiger partial charge in [-0.1, -0.05) is 12.1 Å². The zero-order valence-corrected chi connectivity index (χ0v) is 12.8. The molecule has 1 aliphatic heterocycles. The molecule has 0 bridgehead atoms. The molecule has 0 atom stereocenters. The number of nitrogens with one attached hydrogen (secondary N) is 2. The second-order valence-corrected chi connectivity index (χ2v) is 6.45. The highest BCUT2D eigenvalue weighted by Gasteiger charge is 2.24. The average molecular weight is 311 g/mol. The smallest absolute Gasteiger partial charge is 0.246 e. The SMILES string of the molecule is COC1=C(c2cccc(NS(C)(=O)=O)c2)N(C)NC(=O)C1. The highest BCUT2D eigenvalue weighted by molar-refractivity contribution is 7.92. The number of benzene rings is 1. The molecule has 0 unspecified atom stereocenters. The molecule has 0 aliphatic carbocycles. The van der Waals surface area contributed by atoms with Gasteiger partial charge in [-0.2, -0.15) is 0 Å². The summed E-state index contributed by atoms with van der Waals surface area (Å²) in [6.45, 7) is 0. The summed E-state index contributed by atoms with van der Waals surface area (Å²) >= 11 is 0. The van der Waals surface area contributed by atoms with E-state index in [4.69, 9.17) is 4.74 Å². The second kappa shape index (κ2) is 5.65. The van der Waals surface area contributed by atoms with Crippen molar-refractivity contribution in [3.8, 4) is 0 Å². The van der Waals surface area contributed by atoms with Gasteiger partial charge in [0.2, 0.25) is 15.9 Å². The van der Waals surface area contributed by atoms with Crippen molar-refractivity contribution in [1.29, 1.82) is 0 Å². The van der Waals surface area contributed by atoms with Crippen LogP contribution in [0, 0.1) is 0 Å². The number of hydrogen-bond donors (Lipinski definition) is 2. The van der Waals surface area contributed by atoms with Gasteiger partial charge in [0.15, 0.2) is 0 Å². The van der Waals surface area contributed by atoms with Crippen LogP contribution in [0.5, 0.6) is 0 Å². The maximum Gasteiger partial charge on any atom is 0.246 e. The van der Waals surface area contributed by atoms with E-state index in [0.29, 0.717) is 17.1 Å². The molecular weight excluding hydrogens is 294 g/mol. The minimum atomic E-state index is -3.35. The Kier molecular flexibility index (Phi) is 4.08. The number of ether oxygens (including phenoxy) is 1. The molecule has 114 valence electrons. The van der Waals surface area contributed by atoms with Crippen LogP contribution in [0.1, 0.15) is 12.0 Å². The van der Waals surface area contributed by atoms with E-state index in [9.17, 15) is 13.2 Å². The van der Waals surface area contributed by atoms with E-state index in [-0.39, 0.29) is 12.3 Å². The van der Waals surface area contributed by atoms with Gasteiger partial charge in [-0.15, -0.1) is 0 Å². The molecule has 1 aromatic carbocycles. The van der Waals surface area contributed by atoms with Gasteiger partial charge >= 0.3 is 0 Å². The third kappa shape index (κ3) is 3.66. The molecule has 2 rings (SSSR count). The van der Waals surface area contributed by atoms with Crippen LogP contribution < -0.4 is 10.1 Å². The van der Waals surface area contributed by atoms with Crippen LogP contribution >= 0.6 is 0 Å². The van der Waals surface area contributed by atoms with Crippen LogP contribution in [0.3, 0.4) is 0 Å². The number of methoxy groups -OCH3 is 1. The molecule has 0 radical (unpaired) electrons. The van der Waals surface area contributed by atoms with Crippen molar-refractivity contribution < 1.29 is 17.9 Å². The molecule has 2 N–H and O–H groups in total. The van der Waals surface area contributed by atoms with Crippen LogP contribution in [0.4, 0.5) is 5.69 Å². The maximum absolute atomic E-state index is 11.5. The van der Waals surface area contributed by atoms with Crippen molar-refractivity contribution in [3.63, 3.8) is 0 Å². The van der Waals surface area contributed by atoms with Gasteiger partial charge in [-0.3, -0.25) is 20.0 Å². The minimum absolute atomic E-state index is 0.139. The number of amides is 1. The van der Waals surface area contributed by atoms with Gasteiger partial charge in [0.25, 0.3) is 0 Å². The molecule has 0 aromatic heterocycles. The molecule has 0 saturated carbocycles. The monoisotopic (exact) mass is 311 g/mol. The fourth-order valence-corrected chi connectivity index (χ4v) is 2.72. The lowest BCUT2D eigenvalue weighted by molar-refractivity contribution is -0.124. The third-order valence-corrected chi connectivity index (χ3v) is 3.51.